The van der Waals surface area contributed by atoms with Crippen LogP contribution in [0.2, 0.25) is 0 Å². The third-order valence-electron chi connectivity index (χ3n) is 1.97. The van der Waals surface area contributed by atoms with Crippen molar-refractivity contribution >= 4 is 23.5 Å². The third-order valence-corrected chi connectivity index (χ3v) is 2.24. The second-order valence-corrected chi connectivity index (χ2v) is 3.78. The molecule has 0 aliphatic carbocycles. The van der Waals surface area contributed by atoms with Gasteiger partial charge in [0, 0.05) is 25.3 Å². The highest BCUT2D eigenvalue weighted by Gasteiger charge is 2.03. The first-order valence-electron chi connectivity index (χ1n) is 5.69. The molecule has 16 heavy (non-hydrogen) atoms. The van der Waals surface area contributed by atoms with E-state index in [0.29, 0.717) is 38.3 Å². The number of amides is 1. The van der Waals surface area contributed by atoms with E-state index in [1.54, 1.807) is 6.92 Å². The molecule has 1 amide bonds. The number of ether oxygens (including phenoxy) is 1. The first-order chi connectivity index (χ1) is 7.70. The Balaban J connectivity index is 3.30. The predicted molar refractivity (Wildman–Crippen MR) is 63.4 cm³/mol. The van der Waals surface area contributed by atoms with Crippen LogP contribution in [-0.2, 0) is 14.3 Å². The van der Waals surface area contributed by atoms with Crippen LogP contribution in [0.1, 0.15) is 39.0 Å². The number of unbranched alkanes of at least 4 members (excludes halogenated alkanes) is 1. The molecule has 0 atom stereocenters. The first kappa shape index (κ1) is 15.2. The number of rotatable bonds is 9. The highest BCUT2D eigenvalue weighted by Crippen LogP contribution is 1.97. The fraction of sp³-hybridized carbons (Fsp3) is 0.818. The van der Waals surface area contributed by atoms with Crippen LogP contribution in [0.25, 0.3) is 0 Å². The summed E-state index contributed by atoms with van der Waals surface area (Å²) in [6.07, 6.45) is 3.16. The van der Waals surface area contributed by atoms with Crippen LogP contribution in [0.4, 0.5) is 0 Å². The maximum Gasteiger partial charge on any atom is 0.305 e. The number of esters is 1. The van der Waals surface area contributed by atoms with Gasteiger partial charge in [-0.2, -0.15) is 0 Å². The molecule has 0 aromatic rings. The quantitative estimate of drug-likeness (QED) is 0.386. The van der Waals surface area contributed by atoms with Crippen molar-refractivity contribution in [3.63, 3.8) is 0 Å². The molecule has 94 valence electrons. The van der Waals surface area contributed by atoms with Crippen molar-refractivity contribution in [2.75, 3.05) is 19.0 Å². The van der Waals surface area contributed by atoms with Crippen LogP contribution < -0.4 is 5.32 Å². The molecule has 0 bridgehead atoms. The van der Waals surface area contributed by atoms with Crippen molar-refractivity contribution in [3.05, 3.63) is 0 Å². The zero-order valence-electron chi connectivity index (χ0n) is 9.76. The topological polar surface area (TPSA) is 55.4 Å². The Morgan fingerprint density at radius 2 is 1.94 bits per heavy atom. The maximum atomic E-state index is 11.2. The van der Waals surface area contributed by atoms with Crippen LogP contribution in [-0.4, -0.2) is 30.9 Å². The summed E-state index contributed by atoms with van der Waals surface area (Å²) in [7, 11) is 0. The number of nitrogens with one attached hydrogen (secondary N) is 1. The fourth-order valence-electron chi connectivity index (χ4n) is 1.16. The van der Waals surface area contributed by atoms with E-state index < -0.39 is 0 Å². The monoisotopic (exact) mass is 249 g/mol. The molecular formula is C11H20ClNO3. The highest BCUT2D eigenvalue weighted by molar-refractivity contribution is 6.17. The molecule has 0 heterocycles. The van der Waals surface area contributed by atoms with Crippen molar-refractivity contribution in [3.8, 4) is 0 Å². The summed E-state index contributed by atoms with van der Waals surface area (Å²) >= 11 is 5.49. The Morgan fingerprint density at radius 1 is 1.19 bits per heavy atom. The summed E-state index contributed by atoms with van der Waals surface area (Å²) in [5.41, 5.74) is 0. The Labute approximate surface area is 102 Å². The summed E-state index contributed by atoms with van der Waals surface area (Å²) in [6, 6.07) is 0. The molecule has 0 saturated carbocycles. The van der Waals surface area contributed by atoms with Crippen molar-refractivity contribution in [2.24, 2.45) is 0 Å². The molecule has 0 unspecified atom stereocenters. The van der Waals surface area contributed by atoms with Gasteiger partial charge in [-0.25, -0.2) is 0 Å². The van der Waals surface area contributed by atoms with Gasteiger partial charge in [-0.1, -0.05) is 0 Å². The molecule has 0 rings (SSSR count). The number of hydrogen-bond donors (Lipinski definition) is 1. The Morgan fingerprint density at radius 3 is 2.56 bits per heavy atom. The van der Waals surface area contributed by atoms with Gasteiger partial charge in [0.2, 0.25) is 5.91 Å². The zero-order valence-corrected chi connectivity index (χ0v) is 10.5. The summed E-state index contributed by atoms with van der Waals surface area (Å²) < 4.78 is 4.76. The summed E-state index contributed by atoms with van der Waals surface area (Å²) in [5, 5.41) is 2.75. The van der Waals surface area contributed by atoms with Crippen molar-refractivity contribution < 1.29 is 14.3 Å². The summed E-state index contributed by atoms with van der Waals surface area (Å²) in [4.78, 5) is 22.2. The van der Waals surface area contributed by atoms with Crippen LogP contribution in [0.5, 0.6) is 0 Å². The molecule has 0 radical (unpaired) electrons. The average Bonchev–Trinajstić information content (AvgIpc) is 2.25. The van der Waals surface area contributed by atoms with Crippen LogP contribution in [0.15, 0.2) is 0 Å². The molecule has 0 aromatic heterocycles. The largest absolute Gasteiger partial charge is 0.466 e. The Kier molecular flexibility index (Phi) is 10.2. The molecule has 0 aliphatic heterocycles. The minimum atomic E-state index is -0.209. The van der Waals surface area contributed by atoms with Crippen molar-refractivity contribution in [2.45, 2.75) is 39.0 Å². The number of hydrogen-bond acceptors (Lipinski definition) is 3. The minimum absolute atomic E-state index is 0.0222. The maximum absolute atomic E-state index is 11.2. The van der Waals surface area contributed by atoms with Gasteiger partial charge in [0.1, 0.15) is 0 Å². The molecule has 0 aromatic carbocycles. The molecule has 0 spiro atoms. The van der Waals surface area contributed by atoms with E-state index >= 15 is 0 Å². The molecule has 0 fully saturated rings. The number of carbonyl (C=O) groups is 2. The lowest BCUT2D eigenvalue weighted by atomic mass is 10.2. The predicted octanol–water partition coefficient (Wildman–Crippen LogP) is 1.85. The number of alkyl halides is 1. The normalized spacial score (nSPS) is 9.88. The minimum Gasteiger partial charge on any atom is -0.466 e. The van der Waals surface area contributed by atoms with Gasteiger partial charge in [-0.3, -0.25) is 9.59 Å². The lowest BCUT2D eigenvalue weighted by Gasteiger charge is -2.04. The summed E-state index contributed by atoms with van der Waals surface area (Å²) in [5.74, 6) is 0.406. The second-order valence-electron chi connectivity index (χ2n) is 3.40. The van der Waals surface area contributed by atoms with Crippen LogP contribution in [0, 0.1) is 0 Å². The van der Waals surface area contributed by atoms with E-state index in [1.807, 2.05) is 0 Å². The van der Waals surface area contributed by atoms with Gasteiger partial charge in [0.15, 0.2) is 0 Å². The van der Waals surface area contributed by atoms with Gasteiger partial charge < -0.3 is 10.1 Å². The molecule has 0 aliphatic rings. The average molecular weight is 250 g/mol. The summed E-state index contributed by atoms with van der Waals surface area (Å²) in [6.45, 7) is 2.71. The SMILES string of the molecule is CCOC(=O)CCCNC(=O)CCCCCl. The smallest absolute Gasteiger partial charge is 0.305 e. The molecular weight excluding hydrogens is 230 g/mol. The van der Waals surface area contributed by atoms with Crippen LogP contribution in [0.3, 0.4) is 0 Å². The van der Waals surface area contributed by atoms with Gasteiger partial charge in [-0.15, -0.1) is 11.6 Å². The fourth-order valence-corrected chi connectivity index (χ4v) is 1.35. The Bertz CT molecular complexity index is 209. The van der Waals surface area contributed by atoms with E-state index in [4.69, 9.17) is 16.3 Å². The third kappa shape index (κ3) is 9.77. The van der Waals surface area contributed by atoms with Gasteiger partial charge in [0.25, 0.3) is 0 Å². The highest BCUT2D eigenvalue weighted by atomic mass is 35.5. The zero-order chi connectivity index (χ0) is 12.2. The van der Waals surface area contributed by atoms with Crippen molar-refractivity contribution in [1.29, 1.82) is 0 Å². The van der Waals surface area contributed by atoms with Gasteiger partial charge in [0.05, 0.1) is 6.61 Å². The van der Waals surface area contributed by atoms with E-state index in [1.165, 1.54) is 0 Å². The molecule has 1 N–H and O–H groups in total. The van der Waals surface area contributed by atoms with E-state index in [-0.39, 0.29) is 11.9 Å². The lowest BCUT2D eigenvalue weighted by Crippen LogP contribution is -2.24. The number of carbonyl (C=O) groups excluding carboxylic acids is 2. The van der Waals surface area contributed by atoms with Gasteiger partial charge >= 0.3 is 5.97 Å². The second kappa shape index (κ2) is 10.7. The van der Waals surface area contributed by atoms with Crippen LogP contribution >= 0.6 is 11.6 Å². The standard InChI is InChI=1S/C11H20ClNO3/c1-2-16-11(15)7-5-9-13-10(14)6-3-4-8-12/h2-9H2,1H3,(H,13,14). The first-order valence-corrected chi connectivity index (χ1v) is 6.22. The van der Waals surface area contributed by atoms with E-state index in [9.17, 15) is 9.59 Å². The van der Waals surface area contributed by atoms with E-state index in [2.05, 4.69) is 5.32 Å². The molecule has 0 saturated heterocycles. The van der Waals surface area contributed by atoms with Gasteiger partial charge in [-0.05, 0) is 26.2 Å². The molecule has 5 heteroatoms. The van der Waals surface area contributed by atoms with E-state index in [0.717, 1.165) is 12.8 Å². The lowest BCUT2D eigenvalue weighted by molar-refractivity contribution is -0.143. The molecule has 4 nitrogen and oxygen atoms in total. The number of halogens is 1. The Hall–Kier alpha value is -0.770. The van der Waals surface area contributed by atoms with Crippen molar-refractivity contribution in [1.82, 2.24) is 5.32 Å².